The van der Waals surface area contributed by atoms with E-state index in [9.17, 15) is 22.8 Å². The molecule has 0 fully saturated rings. The number of urea groups is 1. The fraction of sp³-hybridized carbons (Fsp3) is 0.385. The summed E-state index contributed by atoms with van der Waals surface area (Å²) in [6.45, 7) is 1.19. The summed E-state index contributed by atoms with van der Waals surface area (Å²) in [5, 5.41) is 13.3. The van der Waals surface area contributed by atoms with Crippen LogP contribution in [-0.2, 0) is 4.79 Å². The molecule has 0 radical (unpaired) electrons. The van der Waals surface area contributed by atoms with Crippen molar-refractivity contribution in [1.82, 2.24) is 10.6 Å². The number of hydrogen-bond donors (Lipinski definition) is 3. The Labute approximate surface area is 119 Å². The van der Waals surface area contributed by atoms with Gasteiger partial charge in [-0.15, -0.1) is 0 Å². The van der Waals surface area contributed by atoms with Crippen molar-refractivity contribution in [3.05, 3.63) is 35.9 Å². The van der Waals surface area contributed by atoms with Crippen LogP contribution < -0.4 is 10.6 Å². The summed E-state index contributed by atoms with van der Waals surface area (Å²) in [7, 11) is 0. The van der Waals surface area contributed by atoms with Gasteiger partial charge in [-0.1, -0.05) is 30.3 Å². The minimum Gasteiger partial charge on any atom is -0.479 e. The maximum absolute atomic E-state index is 12.1. The van der Waals surface area contributed by atoms with Gasteiger partial charge in [0.25, 0.3) is 0 Å². The molecule has 0 saturated carbocycles. The first kappa shape index (κ1) is 16.8. The number of nitrogens with one attached hydrogen (secondary N) is 2. The number of alkyl halides is 3. The molecule has 0 spiro atoms. The number of rotatable bonds is 5. The van der Waals surface area contributed by atoms with E-state index < -0.39 is 36.7 Å². The van der Waals surface area contributed by atoms with Crippen LogP contribution in [0.15, 0.2) is 30.3 Å². The van der Waals surface area contributed by atoms with Crippen molar-refractivity contribution < 1.29 is 27.9 Å². The highest BCUT2D eigenvalue weighted by molar-refractivity contribution is 5.83. The zero-order chi connectivity index (χ0) is 16.0. The number of carboxylic acid groups (broad SMARTS) is 1. The monoisotopic (exact) mass is 304 g/mol. The van der Waals surface area contributed by atoms with E-state index in [-0.39, 0.29) is 0 Å². The van der Waals surface area contributed by atoms with Crippen LogP contribution >= 0.6 is 0 Å². The average molecular weight is 304 g/mol. The zero-order valence-electron chi connectivity index (χ0n) is 11.1. The van der Waals surface area contributed by atoms with Gasteiger partial charge in [0.2, 0.25) is 0 Å². The van der Waals surface area contributed by atoms with Gasteiger partial charge in [0.05, 0.1) is 6.42 Å². The Morgan fingerprint density at radius 1 is 1.19 bits per heavy atom. The van der Waals surface area contributed by atoms with E-state index in [1.165, 1.54) is 19.1 Å². The van der Waals surface area contributed by atoms with Gasteiger partial charge in [-0.05, 0) is 12.5 Å². The molecule has 0 aliphatic carbocycles. The van der Waals surface area contributed by atoms with Gasteiger partial charge in [0.15, 0.2) is 6.04 Å². The number of carbonyl (C=O) groups excluding carboxylic acids is 1. The number of hydrogen-bond acceptors (Lipinski definition) is 2. The van der Waals surface area contributed by atoms with E-state index in [2.05, 4.69) is 10.6 Å². The first-order valence-electron chi connectivity index (χ1n) is 6.10. The summed E-state index contributed by atoms with van der Waals surface area (Å²) in [5.74, 6) is -1.31. The lowest BCUT2D eigenvalue weighted by atomic mass is 10.1. The van der Waals surface area contributed by atoms with Crippen molar-refractivity contribution in [1.29, 1.82) is 0 Å². The average Bonchev–Trinajstić information content (AvgIpc) is 2.34. The van der Waals surface area contributed by atoms with Crippen LogP contribution in [0.3, 0.4) is 0 Å². The number of halogens is 3. The van der Waals surface area contributed by atoms with E-state index in [4.69, 9.17) is 5.11 Å². The third-order valence-corrected chi connectivity index (χ3v) is 2.57. The van der Waals surface area contributed by atoms with Gasteiger partial charge < -0.3 is 15.7 Å². The van der Waals surface area contributed by atoms with E-state index in [0.29, 0.717) is 5.56 Å². The Morgan fingerprint density at radius 2 is 1.76 bits per heavy atom. The molecular weight excluding hydrogens is 289 g/mol. The number of carbonyl (C=O) groups is 2. The molecular formula is C13H15F3N2O3. The molecule has 8 heteroatoms. The van der Waals surface area contributed by atoms with Gasteiger partial charge >= 0.3 is 18.2 Å². The molecule has 5 nitrogen and oxygen atoms in total. The summed E-state index contributed by atoms with van der Waals surface area (Å²) in [4.78, 5) is 22.7. The van der Waals surface area contributed by atoms with Gasteiger partial charge in [-0.25, -0.2) is 9.59 Å². The molecule has 1 rings (SSSR count). The van der Waals surface area contributed by atoms with Gasteiger partial charge in [0.1, 0.15) is 0 Å². The maximum Gasteiger partial charge on any atom is 0.391 e. The van der Waals surface area contributed by atoms with Crippen LogP contribution in [0.1, 0.15) is 24.9 Å². The highest BCUT2D eigenvalue weighted by atomic mass is 19.4. The molecule has 1 aromatic carbocycles. The lowest BCUT2D eigenvalue weighted by molar-refractivity contribution is -0.140. The minimum atomic E-state index is -4.40. The number of amides is 2. The maximum atomic E-state index is 12.1. The van der Waals surface area contributed by atoms with Crippen LogP contribution in [0.2, 0.25) is 0 Å². The first-order chi connectivity index (χ1) is 9.69. The molecule has 116 valence electrons. The fourth-order valence-corrected chi connectivity index (χ4v) is 1.73. The highest BCUT2D eigenvalue weighted by Gasteiger charge is 2.31. The molecule has 3 N–H and O–H groups in total. The molecule has 0 saturated heterocycles. The van der Waals surface area contributed by atoms with E-state index in [1.54, 1.807) is 18.2 Å². The largest absolute Gasteiger partial charge is 0.479 e. The predicted molar refractivity (Wildman–Crippen MR) is 68.6 cm³/mol. The molecule has 0 aromatic heterocycles. The Kier molecular flexibility index (Phi) is 5.57. The first-order valence-corrected chi connectivity index (χ1v) is 6.10. The Balaban J connectivity index is 2.64. The number of benzene rings is 1. The van der Waals surface area contributed by atoms with Gasteiger partial charge in [-0.3, -0.25) is 0 Å². The smallest absolute Gasteiger partial charge is 0.391 e. The molecule has 0 bridgehead atoms. The molecule has 2 atom stereocenters. The van der Waals surface area contributed by atoms with Gasteiger partial charge in [0, 0.05) is 6.04 Å². The standard InChI is InChI=1S/C13H15F3N2O3/c1-8(7-13(14,15)16)17-12(21)18-10(11(19)20)9-5-3-2-4-6-9/h2-6,8,10H,7H2,1H3,(H,19,20)(H2,17,18,21). The van der Waals surface area contributed by atoms with Crippen LogP contribution in [0.25, 0.3) is 0 Å². The van der Waals surface area contributed by atoms with E-state index in [1.807, 2.05) is 0 Å². The lowest BCUT2D eigenvalue weighted by Gasteiger charge is -2.19. The molecule has 0 aliphatic rings. The van der Waals surface area contributed by atoms with Gasteiger partial charge in [-0.2, -0.15) is 13.2 Å². The van der Waals surface area contributed by atoms with Crippen molar-refractivity contribution >= 4 is 12.0 Å². The topological polar surface area (TPSA) is 78.4 Å². The van der Waals surface area contributed by atoms with E-state index >= 15 is 0 Å². The second-order valence-corrected chi connectivity index (χ2v) is 4.52. The SMILES string of the molecule is CC(CC(F)(F)F)NC(=O)NC(C(=O)O)c1ccccc1. The third-order valence-electron chi connectivity index (χ3n) is 2.57. The Bertz CT molecular complexity index is 491. The van der Waals surface area contributed by atoms with Crippen molar-refractivity contribution in [3.8, 4) is 0 Å². The summed E-state index contributed by atoms with van der Waals surface area (Å²) in [6, 6.07) is 4.40. The number of aliphatic carboxylic acids is 1. The van der Waals surface area contributed by atoms with Crippen molar-refractivity contribution in [2.75, 3.05) is 0 Å². The second-order valence-electron chi connectivity index (χ2n) is 4.52. The second kappa shape index (κ2) is 6.96. The Hall–Kier alpha value is -2.25. The normalized spacial score (nSPS) is 14.1. The quantitative estimate of drug-likeness (QED) is 0.782. The summed E-state index contributed by atoms with van der Waals surface area (Å²) < 4.78 is 36.4. The fourth-order valence-electron chi connectivity index (χ4n) is 1.73. The molecule has 0 aliphatic heterocycles. The van der Waals surface area contributed by atoms with Crippen LogP contribution in [0, 0.1) is 0 Å². The molecule has 1 aromatic rings. The van der Waals surface area contributed by atoms with E-state index in [0.717, 1.165) is 0 Å². The molecule has 0 heterocycles. The van der Waals surface area contributed by atoms with Crippen LogP contribution in [0.4, 0.5) is 18.0 Å². The zero-order valence-corrected chi connectivity index (χ0v) is 11.1. The summed E-state index contributed by atoms with van der Waals surface area (Å²) in [6.07, 6.45) is -5.60. The summed E-state index contributed by atoms with van der Waals surface area (Å²) in [5.41, 5.74) is 0.323. The minimum absolute atomic E-state index is 0.323. The molecule has 21 heavy (non-hydrogen) atoms. The third kappa shape index (κ3) is 6.15. The number of carboxylic acids is 1. The summed E-state index contributed by atoms with van der Waals surface area (Å²) >= 11 is 0. The van der Waals surface area contributed by atoms with Crippen molar-refractivity contribution in [2.24, 2.45) is 0 Å². The lowest BCUT2D eigenvalue weighted by Crippen LogP contribution is -2.45. The molecule has 2 unspecified atom stereocenters. The predicted octanol–water partition coefficient (Wildman–Crippen LogP) is 2.45. The van der Waals surface area contributed by atoms with Crippen LogP contribution in [-0.4, -0.2) is 29.3 Å². The van der Waals surface area contributed by atoms with Crippen molar-refractivity contribution in [3.63, 3.8) is 0 Å². The highest BCUT2D eigenvalue weighted by Crippen LogP contribution is 2.21. The molecule has 2 amide bonds. The van der Waals surface area contributed by atoms with Crippen molar-refractivity contribution in [2.45, 2.75) is 31.6 Å². The Morgan fingerprint density at radius 3 is 2.24 bits per heavy atom. The van der Waals surface area contributed by atoms with Crippen LogP contribution in [0.5, 0.6) is 0 Å².